The summed E-state index contributed by atoms with van der Waals surface area (Å²) in [7, 11) is 3.42. The van der Waals surface area contributed by atoms with Crippen molar-refractivity contribution in [3.63, 3.8) is 0 Å². The summed E-state index contributed by atoms with van der Waals surface area (Å²) >= 11 is 0. The van der Waals surface area contributed by atoms with Crippen LogP contribution in [-0.2, 0) is 19.4 Å². The number of nitrogens with zero attached hydrogens (tertiary/aromatic N) is 3. The standard InChI is InChI=1S/C24H33N3O2/c1-18-5-4-6-22(25-18)9-12-26-10-7-19(15-26)16-27-11-8-20-13-23(28-2)24(29-3)14-21(20)17-27/h4-6,13-14,19H,7-12,15-17H2,1-3H3. The van der Waals surface area contributed by atoms with Crippen LogP contribution in [0.25, 0.3) is 0 Å². The van der Waals surface area contributed by atoms with Gasteiger partial charge < -0.3 is 14.4 Å². The van der Waals surface area contributed by atoms with Crippen LogP contribution in [0.1, 0.15) is 28.9 Å². The Balaban J connectivity index is 1.28. The van der Waals surface area contributed by atoms with E-state index in [4.69, 9.17) is 9.47 Å². The number of benzene rings is 1. The minimum Gasteiger partial charge on any atom is -0.493 e. The maximum atomic E-state index is 5.50. The normalized spacial score (nSPS) is 19.9. The minimum absolute atomic E-state index is 0.766. The summed E-state index contributed by atoms with van der Waals surface area (Å²) in [6.45, 7) is 8.94. The third-order valence-electron chi connectivity index (χ3n) is 6.31. The largest absolute Gasteiger partial charge is 0.493 e. The van der Waals surface area contributed by atoms with Crippen molar-refractivity contribution < 1.29 is 9.47 Å². The van der Waals surface area contributed by atoms with E-state index < -0.39 is 0 Å². The molecule has 2 aromatic rings. The van der Waals surface area contributed by atoms with Crippen molar-refractivity contribution in [1.82, 2.24) is 14.8 Å². The van der Waals surface area contributed by atoms with E-state index in [0.29, 0.717) is 0 Å². The van der Waals surface area contributed by atoms with Gasteiger partial charge in [-0.1, -0.05) is 6.07 Å². The molecule has 1 atom stereocenters. The number of aryl methyl sites for hydroxylation is 1. The number of pyridine rings is 1. The second-order valence-corrected chi connectivity index (χ2v) is 8.44. The number of hydrogen-bond donors (Lipinski definition) is 0. The first-order valence-corrected chi connectivity index (χ1v) is 10.8. The van der Waals surface area contributed by atoms with Gasteiger partial charge in [-0.25, -0.2) is 0 Å². The van der Waals surface area contributed by atoms with E-state index in [-0.39, 0.29) is 0 Å². The van der Waals surface area contributed by atoms with Crippen LogP contribution in [-0.4, -0.2) is 61.7 Å². The zero-order chi connectivity index (χ0) is 20.2. The number of ether oxygens (including phenoxy) is 2. The smallest absolute Gasteiger partial charge is 0.161 e. The molecule has 0 N–H and O–H groups in total. The molecule has 0 radical (unpaired) electrons. The zero-order valence-corrected chi connectivity index (χ0v) is 18.0. The first-order valence-electron chi connectivity index (χ1n) is 10.8. The Morgan fingerprint density at radius 1 is 1.03 bits per heavy atom. The van der Waals surface area contributed by atoms with Gasteiger partial charge in [0.1, 0.15) is 0 Å². The first-order chi connectivity index (χ1) is 14.1. The Kier molecular flexibility index (Phi) is 6.36. The van der Waals surface area contributed by atoms with E-state index in [2.05, 4.69) is 52.0 Å². The number of hydrogen-bond acceptors (Lipinski definition) is 5. The molecule has 0 aliphatic carbocycles. The van der Waals surface area contributed by atoms with Gasteiger partial charge in [0.25, 0.3) is 0 Å². The fourth-order valence-corrected chi connectivity index (χ4v) is 4.74. The van der Waals surface area contributed by atoms with Gasteiger partial charge in [-0.2, -0.15) is 0 Å². The summed E-state index contributed by atoms with van der Waals surface area (Å²) in [6.07, 6.45) is 3.44. The van der Waals surface area contributed by atoms with E-state index in [0.717, 1.165) is 55.6 Å². The fraction of sp³-hybridized carbons (Fsp3) is 0.542. The van der Waals surface area contributed by atoms with E-state index in [1.807, 2.05) is 0 Å². The molecule has 1 aromatic heterocycles. The summed E-state index contributed by atoms with van der Waals surface area (Å²) in [4.78, 5) is 9.87. The Labute approximate surface area is 174 Å². The molecule has 0 amide bonds. The molecule has 5 heteroatoms. The van der Waals surface area contributed by atoms with Gasteiger partial charge in [0.15, 0.2) is 11.5 Å². The van der Waals surface area contributed by atoms with Crippen LogP contribution in [0.5, 0.6) is 11.5 Å². The second kappa shape index (κ2) is 9.14. The van der Waals surface area contributed by atoms with Crippen molar-refractivity contribution in [3.8, 4) is 11.5 Å². The Bertz CT molecular complexity index is 839. The molecule has 1 fully saturated rings. The van der Waals surface area contributed by atoms with Gasteiger partial charge in [0.05, 0.1) is 14.2 Å². The SMILES string of the molecule is COc1cc2c(cc1OC)CN(CC1CCN(CCc3cccc(C)n3)C1)CC2. The quantitative estimate of drug-likeness (QED) is 0.719. The van der Waals surface area contributed by atoms with Crippen LogP contribution in [0.3, 0.4) is 0 Å². The van der Waals surface area contributed by atoms with Crippen molar-refractivity contribution in [2.24, 2.45) is 5.92 Å². The monoisotopic (exact) mass is 395 g/mol. The summed E-state index contributed by atoms with van der Waals surface area (Å²) in [5.74, 6) is 2.45. The second-order valence-electron chi connectivity index (χ2n) is 8.44. The predicted molar refractivity (Wildman–Crippen MR) is 116 cm³/mol. The topological polar surface area (TPSA) is 37.8 Å². The van der Waals surface area contributed by atoms with Crippen molar-refractivity contribution in [3.05, 3.63) is 52.8 Å². The third-order valence-corrected chi connectivity index (χ3v) is 6.31. The van der Waals surface area contributed by atoms with Crippen molar-refractivity contribution >= 4 is 0 Å². The lowest BCUT2D eigenvalue weighted by atomic mass is 9.97. The summed E-state index contributed by atoms with van der Waals surface area (Å²) in [6, 6.07) is 10.6. The maximum absolute atomic E-state index is 5.50. The highest BCUT2D eigenvalue weighted by Gasteiger charge is 2.26. The average molecular weight is 396 g/mol. The average Bonchev–Trinajstić information content (AvgIpc) is 3.18. The van der Waals surface area contributed by atoms with Crippen LogP contribution in [0.2, 0.25) is 0 Å². The molecule has 1 unspecified atom stereocenters. The lowest BCUT2D eigenvalue weighted by Crippen LogP contribution is -2.35. The number of likely N-dealkylation sites (tertiary alicyclic amines) is 1. The Hall–Kier alpha value is -2.11. The summed E-state index contributed by atoms with van der Waals surface area (Å²) in [5, 5.41) is 0. The maximum Gasteiger partial charge on any atom is 0.161 e. The highest BCUT2D eigenvalue weighted by atomic mass is 16.5. The molecule has 0 saturated carbocycles. The van der Waals surface area contributed by atoms with Crippen LogP contribution in [0.4, 0.5) is 0 Å². The van der Waals surface area contributed by atoms with Gasteiger partial charge in [0.2, 0.25) is 0 Å². The highest BCUT2D eigenvalue weighted by molar-refractivity contribution is 5.48. The van der Waals surface area contributed by atoms with Crippen LogP contribution in [0, 0.1) is 12.8 Å². The molecule has 29 heavy (non-hydrogen) atoms. The van der Waals surface area contributed by atoms with Crippen molar-refractivity contribution in [1.29, 1.82) is 0 Å². The van der Waals surface area contributed by atoms with Crippen LogP contribution < -0.4 is 9.47 Å². The highest BCUT2D eigenvalue weighted by Crippen LogP contribution is 2.33. The summed E-state index contributed by atoms with van der Waals surface area (Å²) in [5.41, 5.74) is 5.11. The fourth-order valence-electron chi connectivity index (χ4n) is 4.74. The number of fused-ring (bicyclic) bond motifs is 1. The molecule has 4 rings (SSSR count). The number of rotatable bonds is 7. The third kappa shape index (κ3) is 4.90. The molecule has 1 aromatic carbocycles. The molecule has 2 aliphatic rings. The molecule has 2 aliphatic heterocycles. The van der Waals surface area contributed by atoms with E-state index in [9.17, 15) is 0 Å². The molecular weight excluding hydrogens is 362 g/mol. The van der Waals surface area contributed by atoms with Gasteiger partial charge in [-0.05, 0) is 67.6 Å². The zero-order valence-electron chi connectivity index (χ0n) is 18.0. The lowest BCUT2D eigenvalue weighted by Gasteiger charge is -2.31. The van der Waals surface area contributed by atoms with Crippen LogP contribution in [0.15, 0.2) is 30.3 Å². The molecule has 3 heterocycles. The van der Waals surface area contributed by atoms with Crippen molar-refractivity contribution in [2.45, 2.75) is 32.7 Å². The number of aromatic nitrogens is 1. The van der Waals surface area contributed by atoms with E-state index in [1.165, 1.54) is 42.9 Å². The first kappa shape index (κ1) is 20.2. The van der Waals surface area contributed by atoms with E-state index in [1.54, 1.807) is 14.2 Å². The number of methoxy groups -OCH3 is 2. The van der Waals surface area contributed by atoms with Crippen molar-refractivity contribution in [2.75, 3.05) is 46.9 Å². The molecular formula is C24H33N3O2. The molecule has 0 bridgehead atoms. The van der Waals surface area contributed by atoms with Gasteiger partial charge in [-0.3, -0.25) is 9.88 Å². The van der Waals surface area contributed by atoms with Gasteiger partial charge in [-0.15, -0.1) is 0 Å². The van der Waals surface area contributed by atoms with E-state index >= 15 is 0 Å². The molecule has 5 nitrogen and oxygen atoms in total. The van der Waals surface area contributed by atoms with Gasteiger partial charge >= 0.3 is 0 Å². The molecule has 1 saturated heterocycles. The Morgan fingerprint density at radius 2 is 1.83 bits per heavy atom. The lowest BCUT2D eigenvalue weighted by molar-refractivity contribution is 0.209. The molecule has 0 spiro atoms. The predicted octanol–water partition coefficient (Wildman–Crippen LogP) is 3.33. The minimum atomic E-state index is 0.766. The summed E-state index contributed by atoms with van der Waals surface area (Å²) < 4.78 is 11.0. The van der Waals surface area contributed by atoms with Crippen LogP contribution >= 0.6 is 0 Å². The molecule has 156 valence electrons. The Morgan fingerprint density at radius 3 is 2.59 bits per heavy atom. The van der Waals surface area contributed by atoms with Gasteiger partial charge in [0, 0.05) is 50.5 Å².